The average molecular weight is 300 g/mol. The average Bonchev–Trinajstić information content (AvgIpc) is 2.46. The molecule has 21 heavy (non-hydrogen) atoms. The molecule has 0 aromatic heterocycles. The van der Waals surface area contributed by atoms with Crippen LogP contribution >= 0.6 is 0 Å². The predicted molar refractivity (Wildman–Crippen MR) is 77.9 cm³/mol. The molecule has 1 N–H and O–H groups in total. The molecule has 5 heteroatoms. The minimum absolute atomic E-state index is 0.128. The van der Waals surface area contributed by atoms with Crippen LogP contribution in [0.4, 0.5) is 13.2 Å². The number of likely N-dealkylation sites (tertiary alicyclic amines) is 1. The summed E-state index contributed by atoms with van der Waals surface area (Å²) in [6, 6.07) is 8.13. The molecule has 1 aliphatic heterocycles. The van der Waals surface area contributed by atoms with Crippen LogP contribution in [0.3, 0.4) is 0 Å². The Labute approximate surface area is 124 Å². The Morgan fingerprint density at radius 1 is 1.19 bits per heavy atom. The van der Waals surface area contributed by atoms with Crippen LogP contribution in [0.5, 0.6) is 0 Å². The molecule has 2 nitrogen and oxygen atoms in total. The molecule has 1 saturated heterocycles. The van der Waals surface area contributed by atoms with E-state index in [4.69, 9.17) is 0 Å². The molecule has 0 aliphatic carbocycles. The fraction of sp³-hybridized carbons (Fsp3) is 0.625. The molecule has 1 atom stereocenters. The highest BCUT2D eigenvalue weighted by Gasteiger charge is 2.41. The Hall–Kier alpha value is -1.07. The summed E-state index contributed by atoms with van der Waals surface area (Å²) in [5, 5.41) is 3.25. The lowest BCUT2D eigenvalue weighted by Crippen LogP contribution is -2.41. The normalized spacial score (nSPS) is 20.7. The predicted octanol–water partition coefficient (Wildman–Crippen LogP) is 3.57. The van der Waals surface area contributed by atoms with E-state index < -0.39 is 12.1 Å². The lowest BCUT2D eigenvalue weighted by molar-refractivity contribution is -0.187. The van der Waals surface area contributed by atoms with Gasteiger partial charge in [0.2, 0.25) is 0 Å². The molecule has 2 rings (SSSR count). The summed E-state index contributed by atoms with van der Waals surface area (Å²) >= 11 is 0. The van der Waals surface area contributed by atoms with Crippen molar-refractivity contribution in [2.45, 2.75) is 39.0 Å². The van der Waals surface area contributed by atoms with E-state index in [0.717, 1.165) is 25.2 Å². The molecular formula is C16H23F3N2. The summed E-state index contributed by atoms with van der Waals surface area (Å²) in [5.74, 6) is -1.17. The largest absolute Gasteiger partial charge is 0.393 e. The maximum atomic E-state index is 12.8. The van der Waals surface area contributed by atoms with E-state index in [9.17, 15) is 13.2 Å². The highest BCUT2D eigenvalue weighted by Crippen LogP contribution is 2.33. The fourth-order valence-electron chi connectivity index (χ4n) is 2.76. The standard InChI is InChI=1S/C16H23F3N2/c1-2-20-10-13-5-7-14(8-6-13)11-21-9-3-4-15(12-21)16(17,18)19/h5-8,15,20H,2-4,9-12H2,1H3. The Morgan fingerprint density at radius 2 is 1.86 bits per heavy atom. The third-order valence-corrected chi connectivity index (χ3v) is 3.98. The summed E-state index contributed by atoms with van der Waals surface area (Å²) in [4.78, 5) is 1.92. The van der Waals surface area contributed by atoms with Gasteiger partial charge in [0, 0.05) is 19.6 Å². The third-order valence-electron chi connectivity index (χ3n) is 3.98. The first-order valence-electron chi connectivity index (χ1n) is 7.56. The van der Waals surface area contributed by atoms with E-state index >= 15 is 0 Å². The highest BCUT2D eigenvalue weighted by molar-refractivity contribution is 5.22. The maximum absolute atomic E-state index is 12.8. The van der Waals surface area contributed by atoms with Crippen molar-refractivity contribution in [3.05, 3.63) is 35.4 Å². The minimum Gasteiger partial charge on any atom is -0.313 e. The van der Waals surface area contributed by atoms with E-state index in [2.05, 4.69) is 12.2 Å². The molecule has 1 aliphatic rings. The van der Waals surface area contributed by atoms with Crippen LogP contribution in [0.25, 0.3) is 0 Å². The van der Waals surface area contributed by atoms with Gasteiger partial charge in [-0.1, -0.05) is 31.2 Å². The molecule has 1 aromatic carbocycles. The minimum atomic E-state index is -4.06. The number of nitrogens with zero attached hydrogens (tertiary/aromatic N) is 1. The van der Waals surface area contributed by atoms with E-state index in [1.165, 1.54) is 5.56 Å². The number of alkyl halides is 3. The lowest BCUT2D eigenvalue weighted by Gasteiger charge is -2.33. The second-order valence-electron chi connectivity index (χ2n) is 5.71. The second-order valence-corrected chi connectivity index (χ2v) is 5.71. The van der Waals surface area contributed by atoms with Crippen molar-refractivity contribution in [2.24, 2.45) is 5.92 Å². The van der Waals surface area contributed by atoms with Gasteiger partial charge in [0.15, 0.2) is 0 Å². The Balaban J connectivity index is 1.89. The van der Waals surface area contributed by atoms with Crippen molar-refractivity contribution in [1.29, 1.82) is 0 Å². The molecule has 118 valence electrons. The van der Waals surface area contributed by atoms with Crippen LogP contribution in [0.1, 0.15) is 30.9 Å². The smallest absolute Gasteiger partial charge is 0.313 e. The van der Waals surface area contributed by atoms with Crippen molar-refractivity contribution < 1.29 is 13.2 Å². The van der Waals surface area contributed by atoms with Gasteiger partial charge in [-0.05, 0) is 37.1 Å². The van der Waals surface area contributed by atoms with Gasteiger partial charge >= 0.3 is 6.18 Å². The molecule has 0 amide bonds. The van der Waals surface area contributed by atoms with Gasteiger partial charge in [-0.3, -0.25) is 4.90 Å². The Bertz CT molecular complexity index is 428. The SMILES string of the molecule is CCNCc1ccc(CN2CCCC(C(F)(F)F)C2)cc1. The van der Waals surface area contributed by atoms with Gasteiger partial charge in [-0.15, -0.1) is 0 Å². The summed E-state index contributed by atoms with van der Waals surface area (Å²) in [6.45, 7) is 5.30. The van der Waals surface area contributed by atoms with Crippen molar-refractivity contribution in [2.75, 3.05) is 19.6 Å². The molecular weight excluding hydrogens is 277 g/mol. The number of benzene rings is 1. The highest BCUT2D eigenvalue weighted by atomic mass is 19.4. The van der Waals surface area contributed by atoms with Gasteiger partial charge in [-0.2, -0.15) is 13.2 Å². The van der Waals surface area contributed by atoms with Crippen LogP contribution in [-0.4, -0.2) is 30.7 Å². The number of nitrogens with one attached hydrogen (secondary N) is 1. The quantitative estimate of drug-likeness (QED) is 0.894. The number of rotatable bonds is 5. The zero-order valence-corrected chi connectivity index (χ0v) is 12.4. The van der Waals surface area contributed by atoms with Crippen molar-refractivity contribution in [3.8, 4) is 0 Å². The second kappa shape index (κ2) is 7.27. The molecule has 1 unspecified atom stereocenters. The van der Waals surface area contributed by atoms with Gasteiger partial charge in [0.25, 0.3) is 0 Å². The van der Waals surface area contributed by atoms with E-state index in [1.807, 2.05) is 29.2 Å². The van der Waals surface area contributed by atoms with Gasteiger partial charge in [-0.25, -0.2) is 0 Å². The Kier molecular flexibility index (Phi) is 5.65. The summed E-state index contributed by atoms with van der Waals surface area (Å²) < 4.78 is 38.4. The van der Waals surface area contributed by atoms with E-state index in [0.29, 0.717) is 13.0 Å². The first-order chi connectivity index (χ1) is 9.99. The van der Waals surface area contributed by atoms with Crippen LogP contribution < -0.4 is 5.32 Å². The fourth-order valence-corrected chi connectivity index (χ4v) is 2.76. The topological polar surface area (TPSA) is 15.3 Å². The molecule has 1 aromatic rings. The number of hydrogen-bond donors (Lipinski definition) is 1. The first kappa shape index (κ1) is 16.3. The van der Waals surface area contributed by atoms with Crippen molar-refractivity contribution in [1.82, 2.24) is 10.2 Å². The van der Waals surface area contributed by atoms with Gasteiger partial charge in [0.05, 0.1) is 5.92 Å². The van der Waals surface area contributed by atoms with Gasteiger partial charge < -0.3 is 5.32 Å². The molecule has 0 spiro atoms. The zero-order chi connectivity index (χ0) is 15.3. The number of piperidine rings is 1. The first-order valence-corrected chi connectivity index (χ1v) is 7.56. The number of hydrogen-bond acceptors (Lipinski definition) is 2. The Morgan fingerprint density at radius 3 is 2.48 bits per heavy atom. The zero-order valence-electron chi connectivity index (χ0n) is 12.4. The maximum Gasteiger partial charge on any atom is 0.393 e. The van der Waals surface area contributed by atoms with Crippen LogP contribution in [0.15, 0.2) is 24.3 Å². The monoisotopic (exact) mass is 300 g/mol. The van der Waals surface area contributed by atoms with Crippen molar-refractivity contribution >= 4 is 0 Å². The molecule has 0 bridgehead atoms. The van der Waals surface area contributed by atoms with Gasteiger partial charge in [0.1, 0.15) is 0 Å². The summed E-state index contributed by atoms with van der Waals surface area (Å²) in [7, 11) is 0. The van der Waals surface area contributed by atoms with Crippen LogP contribution in [0, 0.1) is 5.92 Å². The van der Waals surface area contributed by atoms with Crippen molar-refractivity contribution in [3.63, 3.8) is 0 Å². The third kappa shape index (κ3) is 5.00. The molecule has 1 fully saturated rings. The van der Waals surface area contributed by atoms with E-state index in [1.54, 1.807) is 0 Å². The van der Waals surface area contributed by atoms with E-state index in [-0.39, 0.29) is 13.0 Å². The van der Waals surface area contributed by atoms with Crippen LogP contribution in [-0.2, 0) is 13.1 Å². The lowest BCUT2D eigenvalue weighted by atomic mass is 9.97. The molecule has 0 saturated carbocycles. The summed E-state index contributed by atoms with van der Waals surface area (Å²) in [5.41, 5.74) is 2.28. The molecule has 1 heterocycles. The van der Waals surface area contributed by atoms with Crippen LogP contribution in [0.2, 0.25) is 0 Å². The molecule has 0 radical (unpaired) electrons. The summed E-state index contributed by atoms with van der Waals surface area (Å²) in [6.07, 6.45) is -3.17. The number of halogens is 3.